The Bertz CT molecular complexity index is 536. The first-order chi connectivity index (χ1) is 10.9. The summed E-state index contributed by atoms with van der Waals surface area (Å²) in [6.45, 7) is 6.14. The molecule has 0 aliphatic carbocycles. The van der Waals surface area contributed by atoms with Crippen LogP contribution in [0.25, 0.3) is 0 Å². The summed E-state index contributed by atoms with van der Waals surface area (Å²) in [7, 11) is 0. The van der Waals surface area contributed by atoms with E-state index >= 15 is 0 Å². The Morgan fingerprint density at radius 3 is 2.91 bits per heavy atom. The van der Waals surface area contributed by atoms with Gasteiger partial charge >= 0.3 is 6.09 Å². The molecule has 5 nitrogen and oxygen atoms in total. The van der Waals surface area contributed by atoms with Crippen molar-refractivity contribution in [1.29, 1.82) is 0 Å². The number of amides is 1. The lowest BCUT2D eigenvalue weighted by Crippen LogP contribution is -2.33. The molecule has 1 aromatic rings. The molecule has 0 fully saturated rings. The lowest BCUT2D eigenvalue weighted by Gasteiger charge is -2.26. The molecule has 1 heterocycles. The van der Waals surface area contributed by atoms with E-state index in [0.29, 0.717) is 6.54 Å². The fourth-order valence-electron chi connectivity index (χ4n) is 2.64. The molecule has 0 unspecified atom stereocenters. The summed E-state index contributed by atoms with van der Waals surface area (Å²) in [4.78, 5) is 11.6. The van der Waals surface area contributed by atoms with E-state index in [0.717, 1.165) is 37.0 Å². The molecule has 0 spiro atoms. The van der Waals surface area contributed by atoms with E-state index in [1.807, 2.05) is 32.9 Å². The molecule has 0 saturated heterocycles. The third-order valence-electron chi connectivity index (χ3n) is 3.69. The summed E-state index contributed by atoms with van der Waals surface area (Å²) in [6, 6.07) is 6.16. The Kier molecular flexibility index (Phi) is 5.88. The Hall–Kier alpha value is -1.75. The monoisotopic (exact) mass is 321 g/mol. The van der Waals surface area contributed by atoms with Gasteiger partial charge in [-0.05, 0) is 57.6 Å². The highest BCUT2D eigenvalue weighted by atomic mass is 16.6. The standard InChI is InChI=1S/C18H27NO4/c1-18(2,3)23-17(21)19-11-5-8-13-6-4-7-14-9-10-15(12-20)22-16(13)14/h4,6-7,15,20H,5,8-12H2,1-3H3,(H,19,21)/t15-/m1/s1. The van der Waals surface area contributed by atoms with Gasteiger partial charge in [-0.2, -0.15) is 0 Å². The first-order valence-corrected chi connectivity index (χ1v) is 8.24. The molecule has 1 aromatic carbocycles. The number of aryl methyl sites for hydroxylation is 2. The molecule has 1 atom stereocenters. The molecule has 1 aliphatic rings. The number of aliphatic hydroxyl groups excluding tert-OH is 1. The van der Waals surface area contributed by atoms with Crippen LogP contribution in [0.15, 0.2) is 18.2 Å². The molecule has 0 bridgehead atoms. The van der Waals surface area contributed by atoms with Crippen LogP contribution in [0.1, 0.15) is 44.7 Å². The topological polar surface area (TPSA) is 67.8 Å². The van der Waals surface area contributed by atoms with E-state index in [9.17, 15) is 9.90 Å². The van der Waals surface area contributed by atoms with Gasteiger partial charge in [0.1, 0.15) is 17.5 Å². The number of rotatable bonds is 5. The molecule has 128 valence electrons. The number of alkyl carbamates (subject to hydrolysis) is 1. The zero-order chi connectivity index (χ0) is 16.9. The largest absolute Gasteiger partial charge is 0.487 e. The maximum Gasteiger partial charge on any atom is 0.407 e. The molecule has 23 heavy (non-hydrogen) atoms. The van der Waals surface area contributed by atoms with Crippen molar-refractivity contribution in [2.45, 2.75) is 58.2 Å². The van der Waals surface area contributed by atoms with Crippen molar-refractivity contribution in [3.8, 4) is 5.75 Å². The molecule has 0 radical (unpaired) electrons. The molecule has 0 aromatic heterocycles. The minimum Gasteiger partial charge on any atom is -0.487 e. The smallest absolute Gasteiger partial charge is 0.407 e. The second-order valence-corrected chi connectivity index (χ2v) is 6.90. The SMILES string of the molecule is CC(C)(C)OC(=O)NCCCc1cccc2c1O[C@@H](CO)CC2. The normalized spacial score (nSPS) is 17.1. The van der Waals surface area contributed by atoms with Gasteiger partial charge in [0, 0.05) is 6.54 Å². The molecule has 1 aliphatic heterocycles. The number of carbonyl (C=O) groups excluding carboxylic acids is 1. The van der Waals surface area contributed by atoms with Crippen LogP contribution in [0.4, 0.5) is 4.79 Å². The number of fused-ring (bicyclic) bond motifs is 1. The van der Waals surface area contributed by atoms with E-state index in [1.54, 1.807) is 0 Å². The van der Waals surface area contributed by atoms with Crippen LogP contribution < -0.4 is 10.1 Å². The molecule has 2 N–H and O–H groups in total. The van der Waals surface area contributed by atoms with Crippen molar-refractivity contribution >= 4 is 6.09 Å². The van der Waals surface area contributed by atoms with Gasteiger partial charge in [-0.3, -0.25) is 0 Å². The summed E-state index contributed by atoms with van der Waals surface area (Å²) in [5.41, 5.74) is 1.86. The molecule has 1 amide bonds. The van der Waals surface area contributed by atoms with Crippen LogP contribution >= 0.6 is 0 Å². The molecular formula is C18H27NO4. The summed E-state index contributed by atoms with van der Waals surface area (Å²) in [5.74, 6) is 0.912. The second kappa shape index (κ2) is 7.68. The van der Waals surface area contributed by atoms with Crippen molar-refractivity contribution in [2.24, 2.45) is 0 Å². The van der Waals surface area contributed by atoms with Crippen LogP contribution in [-0.4, -0.2) is 36.1 Å². The highest BCUT2D eigenvalue weighted by Gasteiger charge is 2.21. The highest BCUT2D eigenvalue weighted by Crippen LogP contribution is 2.31. The predicted molar refractivity (Wildman–Crippen MR) is 88.8 cm³/mol. The molecule has 5 heteroatoms. The van der Waals surface area contributed by atoms with Gasteiger partial charge in [0.15, 0.2) is 0 Å². The molecule has 2 rings (SSSR count). The van der Waals surface area contributed by atoms with E-state index in [1.165, 1.54) is 5.56 Å². The first kappa shape index (κ1) is 17.6. The van der Waals surface area contributed by atoms with Crippen LogP contribution in [-0.2, 0) is 17.6 Å². The highest BCUT2D eigenvalue weighted by molar-refractivity contribution is 5.67. The third-order valence-corrected chi connectivity index (χ3v) is 3.69. The number of para-hydroxylation sites is 1. The minimum atomic E-state index is -0.476. The lowest BCUT2D eigenvalue weighted by atomic mass is 9.97. The Labute approximate surface area is 138 Å². The number of carbonyl (C=O) groups is 1. The number of hydrogen-bond acceptors (Lipinski definition) is 4. The zero-order valence-electron chi connectivity index (χ0n) is 14.2. The van der Waals surface area contributed by atoms with E-state index in [-0.39, 0.29) is 18.8 Å². The summed E-state index contributed by atoms with van der Waals surface area (Å²) in [5, 5.41) is 12.1. The maximum absolute atomic E-state index is 11.6. The fourth-order valence-corrected chi connectivity index (χ4v) is 2.64. The second-order valence-electron chi connectivity index (χ2n) is 6.90. The summed E-state index contributed by atoms with van der Waals surface area (Å²) < 4.78 is 11.1. The van der Waals surface area contributed by atoms with Crippen LogP contribution in [0.2, 0.25) is 0 Å². The zero-order valence-corrected chi connectivity index (χ0v) is 14.2. The van der Waals surface area contributed by atoms with Gasteiger partial charge in [0.05, 0.1) is 6.61 Å². The van der Waals surface area contributed by atoms with Crippen molar-refractivity contribution < 1.29 is 19.4 Å². The summed E-state index contributed by atoms with van der Waals surface area (Å²) in [6.07, 6.45) is 2.92. The van der Waals surface area contributed by atoms with Crippen molar-refractivity contribution in [3.63, 3.8) is 0 Å². The third kappa shape index (κ3) is 5.43. The number of ether oxygens (including phenoxy) is 2. The Morgan fingerprint density at radius 2 is 2.22 bits per heavy atom. The van der Waals surface area contributed by atoms with Gasteiger partial charge in [-0.15, -0.1) is 0 Å². The number of hydrogen-bond donors (Lipinski definition) is 2. The van der Waals surface area contributed by atoms with Crippen LogP contribution in [0.5, 0.6) is 5.75 Å². The van der Waals surface area contributed by atoms with Crippen molar-refractivity contribution in [1.82, 2.24) is 5.32 Å². The van der Waals surface area contributed by atoms with E-state index < -0.39 is 5.60 Å². The number of nitrogens with one attached hydrogen (secondary N) is 1. The molecule has 0 saturated carbocycles. The van der Waals surface area contributed by atoms with Crippen molar-refractivity contribution in [2.75, 3.05) is 13.2 Å². The van der Waals surface area contributed by atoms with Crippen molar-refractivity contribution in [3.05, 3.63) is 29.3 Å². The van der Waals surface area contributed by atoms with Crippen LogP contribution in [0.3, 0.4) is 0 Å². The van der Waals surface area contributed by atoms with Gasteiger partial charge in [0.2, 0.25) is 0 Å². The van der Waals surface area contributed by atoms with Crippen LogP contribution in [0, 0.1) is 0 Å². The number of aliphatic hydroxyl groups is 1. The van der Waals surface area contributed by atoms with Gasteiger partial charge in [-0.1, -0.05) is 18.2 Å². The maximum atomic E-state index is 11.6. The Balaban J connectivity index is 1.84. The van der Waals surface area contributed by atoms with Gasteiger partial charge in [-0.25, -0.2) is 4.79 Å². The molecular weight excluding hydrogens is 294 g/mol. The van der Waals surface area contributed by atoms with E-state index in [4.69, 9.17) is 9.47 Å². The summed E-state index contributed by atoms with van der Waals surface area (Å²) >= 11 is 0. The Morgan fingerprint density at radius 1 is 1.43 bits per heavy atom. The van der Waals surface area contributed by atoms with Gasteiger partial charge in [0.25, 0.3) is 0 Å². The minimum absolute atomic E-state index is 0.0496. The lowest BCUT2D eigenvalue weighted by molar-refractivity contribution is 0.0527. The fraction of sp³-hybridized carbons (Fsp3) is 0.611. The average molecular weight is 321 g/mol. The number of benzene rings is 1. The first-order valence-electron chi connectivity index (χ1n) is 8.24. The van der Waals surface area contributed by atoms with Gasteiger partial charge < -0.3 is 19.9 Å². The average Bonchev–Trinajstić information content (AvgIpc) is 2.49. The predicted octanol–water partition coefficient (Wildman–Crippen LogP) is 2.83. The van der Waals surface area contributed by atoms with E-state index in [2.05, 4.69) is 11.4 Å². The quantitative estimate of drug-likeness (QED) is 0.818.